The van der Waals surface area contributed by atoms with E-state index in [0.29, 0.717) is 20.1 Å². The SMILES string of the molecule is Clc1ccc(Cl)c(-c2nn(-c3ccc(Cl)c(Cl)c3)c3c2CCCCN3)c1. The average Bonchev–Trinajstić information content (AvgIpc) is 2.81. The van der Waals surface area contributed by atoms with Gasteiger partial charge in [0.05, 0.1) is 26.4 Å². The van der Waals surface area contributed by atoms with Crippen LogP contribution in [0.3, 0.4) is 0 Å². The summed E-state index contributed by atoms with van der Waals surface area (Å²) in [5.74, 6) is 0.965. The molecule has 1 aromatic heterocycles. The second-order valence-corrected chi connectivity index (χ2v) is 7.85. The van der Waals surface area contributed by atoms with Crippen molar-refractivity contribution >= 4 is 52.2 Å². The van der Waals surface area contributed by atoms with Gasteiger partial charge in [0.2, 0.25) is 0 Å². The van der Waals surface area contributed by atoms with Gasteiger partial charge in [0.1, 0.15) is 5.82 Å². The fraction of sp³-hybridized carbons (Fsp3) is 0.211. The van der Waals surface area contributed by atoms with Crippen molar-refractivity contribution in [2.24, 2.45) is 0 Å². The second-order valence-electron chi connectivity index (χ2n) is 6.19. The number of fused-ring (bicyclic) bond motifs is 1. The first-order valence-corrected chi connectivity index (χ1v) is 9.82. The molecule has 4 rings (SSSR count). The molecular weight excluding hydrogens is 412 g/mol. The minimum atomic E-state index is 0.490. The van der Waals surface area contributed by atoms with E-state index < -0.39 is 0 Å². The summed E-state index contributed by atoms with van der Waals surface area (Å²) in [5.41, 5.74) is 3.65. The zero-order valence-corrected chi connectivity index (χ0v) is 16.7. The van der Waals surface area contributed by atoms with E-state index in [-0.39, 0.29) is 0 Å². The van der Waals surface area contributed by atoms with Gasteiger partial charge in [-0.15, -0.1) is 0 Å². The Morgan fingerprint density at radius 1 is 0.885 bits per heavy atom. The zero-order chi connectivity index (χ0) is 18.3. The second kappa shape index (κ2) is 7.32. The van der Waals surface area contributed by atoms with Crippen molar-refractivity contribution in [2.75, 3.05) is 11.9 Å². The van der Waals surface area contributed by atoms with Crippen LogP contribution in [0.15, 0.2) is 36.4 Å². The van der Waals surface area contributed by atoms with Gasteiger partial charge in [0.25, 0.3) is 0 Å². The minimum Gasteiger partial charge on any atom is -0.370 e. The molecule has 1 aliphatic heterocycles. The maximum absolute atomic E-state index is 6.45. The molecule has 2 aromatic carbocycles. The third-order valence-electron chi connectivity index (χ3n) is 4.46. The highest BCUT2D eigenvalue weighted by molar-refractivity contribution is 6.42. The molecular formula is C19H15Cl4N3. The Bertz CT molecular complexity index is 981. The monoisotopic (exact) mass is 425 g/mol. The first kappa shape index (κ1) is 18.0. The number of rotatable bonds is 2. The zero-order valence-electron chi connectivity index (χ0n) is 13.7. The largest absolute Gasteiger partial charge is 0.370 e. The third-order valence-corrected chi connectivity index (χ3v) is 5.76. The van der Waals surface area contributed by atoms with Crippen molar-refractivity contribution in [1.82, 2.24) is 9.78 Å². The Hall–Kier alpha value is -1.39. The van der Waals surface area contributed by atoms with Crippen LogP contribution >= 0.6 is 46.4 Å². The van der Waals surface area contributed by atoms with Crippen LogP contribution in [-0.4, -0.2) is 16.3 Å². The van der Waals surface area contributed by atoms with Gasteiger partial charge in [0, 0.05) is 22.7 Å². The lowest BCUT2D eigenvalue weighted by molar-refractivity contribution is 0.780. The van der Waals surface area contributed by atoms with Crippen LogP contribution in [0.25, 0.3) is 16.9 Å². The topological polar surface area (TPSA) is 29.9 Å². The van der Waals surface area contributed by atoms with E-state index >= 15 is 0 Å². The molecule has 0 atom stereocenters. The maximum atomic E-state index is 6.45. The minimum absolute atomic E-state index is 0.490. The van der Waals surface area contributed by atoms with Crippen molar-refractivity contribution < 1.29 is 0 Å². The Morgan fingerprint density at radius 2 is 1.69 bits per heavy atom. The Morgan fingerprint density at radius 3 is 2.50 bits per heavy atom. The van der Waals surface area contributed by atoms with Crippen LogP contribution < -0.4 is 5.32 Å². The highest BCUT2D eigenvalue weighted by Gasteiger charge is 2.23. The van der Waals surface area contributed by atoms with E-state index in [4.69, 9.17) is 51.5 Å². The van der Waals surface area contributed by atoms with Gasteiger partial charge in [-0.2, -0.15) is 5.10 Å². The maximum Gasteiger partial charge on any atom is 0.133 e. The number of nitrogens with zero attached hydrogens (tertiary/aromatic N) is 2. The van der Waals surface area contributed by atoms with Crippen molar-refractivity contribution in [3.63, 3.8) is 0 Å². The van der Waals surface area contributed by atoms with Crippen molar-refractivity contribution in [1.29, 1.82) is 0 Å². The molecule has 7 heteroatoms. The highest BCUT2D eigenvalue weighted by atomic mass is 35.5. The molecule has 0 bridgehead atoms. The molecule has 3 nitrogen and oxygen atoms in total. The van der Waals surface area contributed by atoms with Crippen LogP contribution in [0.5, 0.6) is 0 Å². The summed E-state index contributed by atoms with van der Waals surface area (Å²) in [6.45, 7) is 0.892. The van der Waals surface area contributed by atoms with Gasteiger partial charge < -0.3 is 5.32 Å². The van der Waals surface area contributed by atoms with Gasteiger partial charge in [-0.3, -0.25) is 0 Å². The number of anilines is 1. The number of aromatic nitrogens is 2. The highest BCUT2D eigenvalue weighted by Crippen LogP contribution is 2.38. The van der Waals surface area contributed by atoms with Crippen LogP contribution in [0, 0.1) is 0 Å². The summed E-state index contributed by atoms with van der Waals surface area (Å²) in [7, 11) is 0. The van der Waals surface area contributed by atoms with Crippen LogP contribution in [-0.2, 0) is 6.42 Å². The summed E-state index contributed by atoms with van der Waals surface area (Å²) >= 11 is 24.9. The third kappa shape index (κ3) is 3.29. The molecule has 0 spiro atoms. The van der Waals surface area contributed by atoms with Crippen molar-refractivity contribution in [3.8, 4) is 16.9 Å². The lowest BCUT2D eigenvalue weighted by Crippen LogP contribution is -2.07. The molecule has 0 aliphatic carbocycles. The molecule has 0 amide bonds. The quantitative estimate of drug-likeness (QED) is 0.482. The van der Waals surface area contributed by atoms with Crippen LogP contribution in [0.1, 0.15) is 18.4 Å². The summed E-state index contributed by atoms with van der Waals surface area (Å²) in [6, 6.07) is 10.9. The van der Waals surface area contributed by atoms with E-state index in [1.54, 1.807) is 18.2 Å². The first-order chi connectivity index (χ1) is 12.5. The first-order valence-electron chi connectivity index (χ1n) is 8.31. The van der Waals surface area contributed by atoms with E-state index in [1.165, 1.54) is 0 Å². The Balaban J connectivity index is 1.94. The molecule has 0 saturated heterocycles. The Kier molecular flexibility index (Phi) is 5.07. The molecule has 134 valence electrons. The standard InChI is InChI=1S/C19H15Cl4N3/c20-11-4-6-15(21)14(9-11)18-13-3-1-2-8-24-19(13)26(25-18)12-5-7-16(22)17(23)10-12/h4-7,9-10,24H,1-3,8H2. The van der Waals surface area contributed by atoms with E-state index in [9.17, 15) is 0 Å². The fourth-order valence-electron chi connectivity index (χ4n) is 3.20. The molecule has 0 radical (unpaired) electrons. The molecule has 2 heterocycles. The van der Waals surface area contributed by atoms with E-state index in [2.05, 4.69) is 5.32 Å². The number of halogens is 4. The number of nitrogens with one attached hydrogen (secondary N) is 1. The Labute approximate surface area is 171 Å². The number of hydrogen-bond acceptors (Lipinski definition) is 2. The fourth-order valence-corrected chi connectivity index (χ4v) is 3.87. The molecule has 0 unspecified atom stereocenters. The van der Waals surface area contributed by atoms with Gasteiger partial charge in [-0.05, 0) is 55.7 Å². The lowest BCUT2D eigenvalue weighted by Gasteiger charge is -2.10. The number of hydrogen-bond donors (Lipinski definition) is 1. The predicted octanol–water partition coefficient (Wildman–Crippen LogP) is 6.90. The average molecular weight is 427 g/mol. The van der Waals surface area contributed by atoms with E-state index in [0.717, 1.165) is 54.1 Å². The summed E-state index contributed by atoms with van der Waals surface area (Å²) < 4.78 is 1.87. The van der Waals surface area contributed by atoms with Crippen molar-refractivity contribution in [3.05, 3.63) is 62.1 Å². The number of benzene rings is 2. The lowest BCUT2D eigenvalue weighted by atomic mass is 10.0. The smallest absolute Gasteiger partial charge is 0.133 e. The van der Waals surface area contributed by atoms with Gasteiger partial charge in [0.15, 0.2) is 0 Å². The molecule has 0 saturated carbocycles. The van der Waals surface area contributed by atoms with Crippen LogP contribution in [0.4, 0.5) is 5.82 Å². The molecule has 1 aliphatic rings. The van der Waals surface area contributed by atoms with Gasteiger partial charge >= 0.3 is 0 Å². The van der Waals surface area contributed by atoms with Gasteiger partial charge in [-0.1, -0.05) is 46.4 Å². The van der Waals surface area contributed by atoms with Crippen molar-refractivity contribution in [2.45, 2.75) is 19.3 Å². The molecule has 26 heavy (non-hydrogen) atoms. The summed E-state index contributed by atoms with van der Waals surface area (Å²) in [6.07, 6.45) is 3.10. The van der Waals surface area contributed by atoms with Gasteiger partial charge in [-0.25, -0.2) is 4.68 Å². The molecule has 3 aromatic rings. The molecule has 1 N–H and O–H groups in total. The summed E-state index contributed by atoms with van der Waals surface area (Å²) in [5, 5.41) is 10.6. The normalized spacial score (nSPS) is 13.8. The summed E-state index contributed by atoms with van der Waals surface area (Å²) in [4.78, 5) is 0. The predicted molar refractivity (Wildman–Crippen MR) is 110 cm³/mol. The van der Waals surface area contributed by atoms with Crippen LogP contribution in [0.2, 0.25) is 20.1 Å². The van der Waals surface area contributed by atoms with E-state index in [1.807, 2.05) is 22.9 Å². The molecule has 0 fully saturated rings.